The van der Waals surface area contributed by atoms with Crippen molar-refractivity contribution in [2.45, 2.75) is 65.0 Å². The fraction of sp³-hybridized carbons (Fsp3) is 0.464. The number of carboxylic acid groups (broad SMARTS) is 1. The second-order valence-electron chi connectivity index (χ2n) is 10.5. The lowest BCUT2D eigenvalue weighted by molar-refractivity contribution is 0.0987. The first-order valence-electron chi connectivity index (χ1n) is 13.1. The number of anilines is 1. The molecule has 1 unspecified atom stereocenters. The highest BCUT2D eigenvalue weighted by Gasteiger charge is 2.28. The Labute approximate surface area is 226 Å². The van der Waals surface area contributed by atoms with Gasteiger partial charge in [-0.1, -0.05) is 0 Å². The molecule has 4 rings (SSSR count). The molecule has 11 heteroatoms. The molecule has 2 aromatic heterocycles. The highest BCUT2D eigenvalue weighted by Crippen LogP contribution is 2.36. The third kappa shape index (κ3) is 6.58. The van der Waals surface area contributed by atoms with Crippen LogP contribution in [0.1, 0.15) is 64.3 Å². The predicted molar refractivity (Wildman–Crippen MR) is 143 cm³/mol. The first kappa shape index (κ1) is 28.1. The maximum Gasteiger partial charge on any atom is 0.407 e. The summed E-state index contributed by atoms with van der Waals surface area (Å²) in [6.07, 6.45) is 6.58. The summed E-state index contributed by atoms with van der Waals surface area (Å²) in [4.78, 5) is 32.3. The van der Waals surface area contributed by atoms with Crippen molar-refractivity contribution in [2.75, 3.05) is 24.6 Å². The largest absolute Gasteiger partial charge is 0.490 e. The summed E-state index contributed by atoms with van der Waals surface area (Å²) < 4.78 is 34.8. The third-order valence-corrected chi connectivity index (χ3v) is 6.81. The molecule has 0 bridgehead atoms. The minimum absolute atomic E-state index is 0.141. The van der Waals surface area contributed by atoms with E-state index in [4.69, 9.17) is 4.74 Å². The van der Waals surface area contributed by atoms with Crippen LogP contribution in [0.4, 0.5) is 19.3 Å². The monoisotopic (exact) mass is 540 g/mol. The summed E-state index contributed by atoms with van der Waals surface area (Å²) in [5.41, 5.74) is 1.81. The normalized spacial score (nSPS) is 15.1. The summed E-state index contributed by atoms with van der Waals surface area (Å²) in [6, 6.07) is 4.27. The minimum Gasteiger partial charge on any atom is -0.490 e. The second-order valence-corrected chi connectivity index (χ2v) is 10.5. The van der Waals surface area contributed by atoms with Crippen LogP contribution in [-0.2, 0) is 6.42 Å². The molecule has 1 aromatic carbocycles. The fourth-order valence-electron chi connectivity index (χ4n) is 4.71. The number of nitrogens with zero attached hydrogens (tertiary/aromatic N) is 6. The molecule has 0 spiro atoms. The van der Waals surface area contributed by atoms with Crippen molar-refractivity contribution in [1.29, 1.82) is 0 Å². The van der Waals surface area contributed by atoms with Gasteiger partial charge in [-0.2, -0.15) is 4.39 Å². The zero-order valence-corrected chi connectivity index (χ0v) is 22.7. The molecule has 1 amide bonds. The summed E-state index contributed by atoms with van der Waals surface area (Å²) in [7, 11) is 0. The zero-order chi connectivity index (χ0) is 28.2. The lowest BCUT2D eigenvalue weighted by atomic mass is 9.98. The van der Waals surface area contributed by atoms with E-state index in [9.17, 15) is 18.7 Å². The van der Waals surface area contributed by atoms with Gasteiger partial charge in [0, 0.05) is 67.0 Å². The van der Waals surface area contributed by atoms with E-state index in [2.05, 4.69) is 19.9 Å². The van der Waals surface area contributed by atoms with Gasteiger partial charge in [0.1, 0.15) is 0 Å². The van der Waals surface area contributed by atoms with Crippen molar-refractivity contribution in [3.05, 3.63) is 59.7 Å². The van der Waals surface area contributed by atoms with Crippen molar-refractivity contribution in [1.82, 2.24) is 24.8 Å². The van der Waals surface area contributed by atoms with E-state index in [0.717, 1.165) is 11.3 Å². The number of aromatic nitrogens is 4. The van der Waals surface area contributed by atoms with E-state index in [0.29, 0.717) is 56.1 Å². The molecule has 0 saturated heterocycles. The van der Waals surface area contributed by atoms with Gasteiger partial charge in [-0.3, -0.25) is 0 Å². The van der Waals surface area contributed by atoms with Crippen LogP contribution in [0.3, 0.4) is 0 Å². The third-order valence-electron chi connectivity index (χ3n) is 6.81. The van der Waals surface area contributed by atoms with Crippen molar-refractivity contribution in [3.8, 4) is 17.4 Å². The molecule has 208 valence electrons. The van der Waals surface area contributed by atoms with Gasteiger partial charge in [-0.15, -0.1) is 0 Å². The zero-order valence-electron chi connectivity index (χ0n) is 22.7. The van der Waals surface area contributed by atoms with Gasteiger partial charge >= 0.3 is 6.09 Å². The van der Waals surface area contributed by atoms with Crippen LogP contribution in [0.15, 0.2) is 36.8 Å². The molecule has 9 nitrogen and oxygen atoms in total. The van der Waals surface area contributed by atoms with E-state index in [1.807, 2.05) is 32.6 Å². The van der Waals surface area contributed by atoms with Crippen molar-refractivity contribution in [3.63, 3.8) is 0 Å². The molecular weight excluding hydrogens is 506 g/mol. The first-order valence-corrected chi connectivity index (χ1v) is 13.1. The molecule has 1 N–H and O–H groups in total. The SMILES string of the molecule is CC1c2cnc(-c3ncccn3)nc2CCN1c1cc(F)c(F)c(OCCCCCN(C(=O)O)C(C)(C)C)c1. The van der Waals surface area contributed by atoms with Crippen LogP contribution in [0.2, 0.25) is 0 Å². The van der Waals surface area contributed by atoms with Gasteiger partial charge in [0.2, 0.25) is 5.82 Å². The number of rotatable bonds is 9. The Bertz CT molecular complexity index is 1300. The van der Waals surface area contributed by atoms with Gasteiger partial charge in [0.25, 0.3) is 0 Å². The van der Waals surface area contributed by atoms with E-state index in [-0.39, 0.29) is 18.4 Å². The molecule has 1 atom stereocenters. The Morgan fingerprint density at radius 1 is 1.13 bits per heavy atom. The van der Waals surface area contributed by atoms with E-state index < -0.39 is 23.3 Å². The van der Waals surface area contributed by atoms with E-state index >= 15 is 0 Å². The smallest absolute Gasteiger partial charge is 0.407 e. The molecule has 0 radical (unpaired) electrons. The van der Waals surface area contributed by atoms with Crippen LogP contribution in [-0.4, -0.2) is 61.3 Å². The van der Waals surface area contributed by atoms with Gasteiger partial charge in [-0.25, -0.2) is 29.1 Å². The number of benzene rings is 1. The topological polar surface area (TPSA) is 105 Å². The molecule has 39 heavy (non-hydrogen) atoms. The van der Waals surface area contributed by atoms with Crippen LogP contribution in [0, 0.1) is 11.6 Å². The number of amides is 1. The van der Waals surface area contributed by atoms with Crippen LogP contribution < -0.4 is 9.64 Å². The Kier molecular flexibility index (Phi) is 8.57. The average molecular weight is 541 g/mol. The maximum absolute atomic E-state index is 14.6. The lowest BCUT2D eigenvalue weighted by Gasteiger charge is -2.36. The van der Waals surface area contributed by atoms with Crippen LogP contribution in [0.5, 0.6) is 5.75 Å². The molecule has 3 heterocycles. The molecule has 1 aliphatic heterocycles. The van der Waals surface area contributed by atoms with Crippen molar-refractivity contribution < 1.29 is 23.4 Å². The number of ether oxygens (including phenoxy) is 1. The average Bonchev–Trinajstić information content (AvgIpc) is 2.90. The van der Waals surface area contributed by atoms with Crippen molar-refractivity contribution in [2.24, 2.45) is 0 Å². The standard InChI is InChI=1S/C28H34F2N6O3/c1-18-20-17-33-26(25-31-10-8-11-32-25)34-22(20)9-13-35(18)19-15-21(29)24(30)23(16-19)39-14-7-5-6-12-36(27(37)38)28(2,3)4/h8,10-11,15-18H,5-7,9,12-14H2,1-4H3,(H,37,38). The van der Waals surface area contributed by atoms with E-state index in [1.54, 1.807) is 24.7 Å². The Morgan fingerprint density at radius 3 is 2.56 bits per heavy atom. The van der Waals surface area contributed by atoms with Gasteiger partial charge in [0.15, 0.2) is 23.2 Å². The minimum atomic E-state index is -1.02. The Morgan fingerprint density at radius 2 is 1.87 bits per heavy atom. The summed E-state index contributed by atoms with van der Waals surface area (Å²) in [5, 5.41) is 9.39. The summed E-state index contributed by atoms with van der Waals surface area (Å²) >= 11 is 0. The van der Waals surface area contributed by atoms with Gasteiger partial charge < -0.3 is 19.6 Å². The van der Waals surface area contributed by atoms with Crippen LogP contribution >= 0.6 is 0 Å². The van der Waals surface area contributed by atoms with Gasteiger partial charge in [0.05, 0.1) is 18.3 Å². The maximum atomic E-state index is 14.6. The summed E-state index contributed by atoms with van der Waals surface area (Å²) in [5.74, 6) is -1.24. The number of unbranched alkanes of at least 4 members (excludes halogenated alkanes) is 2. The lowest BCUT2D eigenvalue weighted by Crippen LogP contribution is -2.45. The quantitative estimate of drug-likeness (QED) is 0.347. The molecule has 0 saturated carbocycles. The fourth-order valence-corrected chi connectivity index (χ4v) is 4.71. The first-order chi connectivity index (χ1) is 18.6. The molecule has 0 fully saturated rings. The Hall–Kier alpha value is -3.89. The summed E-state index contributed by atoms with van der Waals surface area (Å²) in [6.45, 7) is 8.66. The molecule has 1 aliphatic rings. The predicted octanol–water partition coefficient (Wildman–Crippen LogP) is 5.66. The number of halogens is 2. The van der Waals surface area contributed by atoms with Crippen LogP contribution in [0.25, 0.3) is 11.6 Å². The molecule has 0 aliphatic carbocycles. The molecule has 3 aromatic rings. The number of carbonyl (C=O) groups is 1. The van der Waals surface area contributed by atoms with Gasteiger partial charge in [-0.05, 0) is 53.0 Å². The highest BCUT2D eigenvalue weighted by atomic mass is 19.2. The number of hydrogen-bond donors (Lipinski definition) is 1. The highest BCUT2D eigenvalue weighted by molar-refractivity contribution is 5.65. The Balaban J connectivity index is 1.39. The molecular formula is C28H34F2N6O3. The van der Waals surface area contributed by atoms with E-state index in [1.165, 1.54) is 17.0 Å². The number of hydrogen-bond acceptors (Lipinski definition) is 7. The number of fused-ring (bicyclic) bond motifs is 1. The second kappa shape index (κ2) is 11.9. The van der Waals surface area contributed by atoms with Crippen molar-refractivity contribution >= 4 is 11.8 Å².